The van der Waals surface area contributed by atoms with Gasteiger partial charge in [-0.1, -0.05) is 23.2 Å². The molecular formula is C21H30Cl2N4O4S. The van der Waals surface area contributed by atoms with E-state index in [2.05, 4.69) is 15.4 Å². The first-order chi connectivity index (χ1) is 15.0. The summed E-state index contributed by atoms with van der Waals surface area (Å²) in [6.07, 6.45) is 1.33. The van der Waals surface area contributed by atoms with Crippen molar-refractivity contribution in [3.05, 3.63) is 27.7 Å². The van der Waals surface area contributed by atoms with Crippen LogP contribution in [-0.2, 0) is 16.2 Å². The van der Waals surface area contributed by atoms with E-state index in [1.807, 2.05) is 25.7 Å². The molecule has 4 N–H and O–H groups in total. The molecule has 3 amide bonds. The van der Waals surface area contributed by atoms with Crippen LogP contribution in [0.1, 0.15) is 45.2 Å². The molecule has 3 rings (SSSR count). The average Bonchev–Trinajstić information content (AvgIpc) is 2.74. The summed E-state index contributed by atoms with van der Waals surface area (Å²) in [5.41, 5.74) is 0.543. The summed E-state index contributed by atoms with van der Waals surface area (Å²) in [5.74, 6) is -0.259. The van der Waals surface area contributed by atoms with Crippen molar-refractivity contribution >= 4 is 46.5 Å². The van der Waals surface area contributed by atoms with E-state index < -0.39 is 22.2 Å². The maximum Gasteiger partial charge on any atom is 0.314 e. The molecule has 0 saturated carbocycles. The topological polar surface area (TPSA) is 117 Å². The summed E-state index contributed by atoms with van der Waals surface area (Å²) < 4.78 is 15.6. The van der Waals surface area contributed by atoms with E-state index in [9.17, 15) is 19.2 Å². The number of amides is 3. The number of carbonyl (C=O) groups excluding carboxylic acids is 2. The molecule has 178 valence electrons. The number of phenols is 1. The summed E-state index contributed by atoms with van der Waals surface area (Å²) in [6, 6.07) is 2.34. The van der Waals surface area contributed by atoms with Gasteiger partial charge in [0.15, 0.2) is 0 Å². The molecule has 0 bridgehead atoms. The van der Waals surface area contributed by atoms with Gasteiger partial charge < -0.3 is 25.2 Å². The van der Waals surface area contributed by atoms with E-state index in [1.54, 1.807) is 6.07 Å². The number of nitrogens with zero attached hydrogens (tertiary/aromatic N) is 1. The zero-order valence-corrected chi connectivity index (χ0v) is 20.7. The molecule has 2 atom stereocenters. The third-order valence-electron chi connectivity index (χ3n) is 5.88. The number of rotatable bonds is 5. The number of aromatic hydroxyl groups is 1. The minimum Gasteiger partial charge on any atom is -0.598 e. The van der Waals surface area contributed by atoms with Crippen LogP contribution >= 0.6 is 23.2 Å². The number of piperidine rings is 1. The van der Waals surface area contributed by atoms with Crippen molar-refractivity contribution in [2.45, 2.75) is 44.4 Å². The quantitative estimate of drug-likeness (QED) is 0.459. The van der Waals surface area contributed by atoms with Crippen LogP contribution in [0.25, 0.3) is 0 Å². The SMILES string of the molecule is CC(C)(C)[S@+]([O-])N[C@@H](c1cc(Cl)c(Cl)cc1O)C1CCN(C(=O)C2CNC(=O)NC2)CC1. The Balaban J connectivity index is 1.74. The van der Waals surface area contributed by atoms with E-state index >= 15 is 0 Å². The highest BCUT2D eigenvalue weighted by Gasteiger charge is 2.38. The molecule has 2 aliphatic heterocycles. The minimum absolute atomic E-state index is 0.00895. The highest BCUT2D eigenvalue weighted by atomic mass is 35.5. The third-order valence-corrected chi connectivity index (χ3v) is 8.19. The van der Waals surface area contributed by atoms with Crippen molar-refractivity contribution in [2.24, 2.45) is 11.8 Å². The van der Waals surface area contributed by atoms with Gasteiger partial charge in [0.05, 0.1) is 22.0 Å². The van der Waals surface area contributed by atoms with Crippen LogP contribution in [0.4, 0.5) is 4.79 Å². The van der Waals surface area contributed by atoms with Crippen molar-refractivity contribution < 1.29 is 19.2 Å². The number of likely N-dealkylation sites (tertiary alicyclic amines) is 1. The van der Waals surface area contributed by atoms with Crippen molar-refractivity contribution in [3.8, 4) is 5.75 Å². The van der Waals surface area contributed by atoms with Gasteiger partial charge in [-0.3, -0.25) is 4.79 Å². The Bertz CT molecular complexity index is 849. The van der Waals surface area contributed by atoms with Gasteiger partial charge in [-0.05, 0) is 45.6 Å². The zero-order valence-electron chi connectivity index (χ0n) is 18.4. The van der Waals surface area contributed by atoms with Gasteiger partial charge in [0.1, 0.15) is 10.5 Å². The molecule has 2 fully saturated rings. The Hall–Kier alpha value is -1.39. The third kappa shape index (κ3) is 5.94. The Morgan fingerprint density at radius 2 is 1.78 bits per heavy atom. The largest absolute Gasteiger partial charge is 0.598 e. The molecule has 0 aliphatic carbocycles. The second-order valence-corrected chi connectivity index (χ2v) is 12.1. The first-order valence-electron chi connectivity index (χ1n) is 10.6. The number of benzene rings is 1. The maximum atomic E-state index is 12.9. The molecule has 0 aromatic heterocycles. The van der Waals surface area contributed by atoms with Gasteiger partial charge in [-0.2, -0.15) is 0 Å². The fraction of sp³-hybridized carbons (Fsp3) is 0.619. The van der Waals surface area contributed by atoms with Gasteiger partial charge in [0, 0.05) is 49.2 Å². The molecule has 2 heterocycles. The fourth-order valence-electron chi connectivity index (χ4n) is 3.96. The maximum absolute atomic E-state index is 12.9. The second kappa shape index (κ2) is 10.3. The zero-order chi connectivity index (χ0) is 23.6. The van der Waals surface area contributed by atoms with E-state index in [0.29, 0.717) is 49.6 Å². The van der Waals surface area contributed by atoms with Gasteiger partial charge in [-0.25, -0.2) is 4.79 Å². The number of phenolic OH excluding ortho intramolecular Hbond substituents is 1. The van der Waals surface area contributed by atoms with Crippen molar-refractivity contribution in [2.75, 3.05) is 26.2 Å². The standard InChI is InChI=1S/C21H30Cl2N4O4S/c1-21(2,3)32(31)26-18(14-8-15(22)16(23)9-17(14)28)12-4-6-27(7-5-12)19(29)13-10-24-20(30)25-11-13/h8-9,12-13,18,26,28H,4-7,10-11H2,1-3H3,(H2,24,25,30)/t18-,32+/m1/s1. The monoisotopic (exact) mass is 504 g/mol. The lowest BCUT2D eigenvalue weighted by Gasteiger charge is -2.39. The number of carbonyl (C=O) groups is 2. The predicted octanol–water partition coefficient (Wildman–Crippen LogP) is 2.96. The molecule has 0 radical (unpaired) electrons. The Morgan fingerprint density at radius 3 is 2.34 bits per heavy atom. The van der Waals surface area contributed by atoms with E-state index in [4.69, 9.17) is 23.2 Å². The first kappa shape index (κ1) is 25.2. The lowest BCUT2D eigenvalue weighted by Crippen LogP contribution is -2.55. The highest BCUT2D eigenvalue weighted by Crippen LogP contribution is 2.40. The van der Waals surface area contributed by atoms with Crippen molar-refractivity contribution in [3.63, 3.8) is 0 Å². The molecule has 11 heteroatoms. The minimum atomic E-state index is -1.38. The van der Waals surface area contributed by atoms with Gasteiger partial charge >= 0.3 is 6.03 Å². The molecule has 8 nitrogen and oxygen atoms in total. The molecule has 1 aromatic carbocycles. The first-order valence-corrected chi connectivity index (χ1v) is 12.5. The summed E-state index contributed by atoms with van der Waals surface area (Å²) in [6.45, 7) is 7.36. The predicted molar refractivity (Wildman–Crippen MR) is 126 cm³/mol. The molecule has 32 heavy (non-hydrogen) atoms. The van der Waals surface area contributed by atoms with Crippen LogP contribution < -0.4 is 15.4 Å². The molecule has 0 unspecified atom stereocenters. The number of hydrogen-bond acceptors (Lipinski definition) is 5. The number of hydrogen-bond donors (Lipinski definition) is 4. The number of halogens is 2. The van der Waals surface area contributed by atoms with Crippen LogP contribution in [-0.4, -0.2) is 57.4 Å². The van der Waals surface area contributed by atoms with Crippen LogP contribution in [0, 0.1) is 11.8 Å². The highest BCUT2D eigenvalue weighted by molar-refractivity contribution is 7.90. The number of urea groups is 1. The lowest BCUT2D eigenvalue weighted by molar-refractivity contribution is -0.136. The lowest BCUT2D eigenvalue weighted by atomic mass is 9.85. The summed E-state index contributed by atoms with van der Waals surface area (Å²) >= 11 is 10.9. The summed E-state index contributed by atoms with van der Waals surface area (Å²) in [5, 5.41) is 16.5. The van der Waals surface area contributed by atoms with E-state index in [0.717, 1.165) is 0 Å². The second-order valence-electron chi connectivity index (χ2n) is 9.25. The van der Waals surface area contributed by atoms with Crippen LogP contribution in [0.2, 0.25) is 10.0 Å². The van der Waals surface area contributed by atoms with Crippen LogP contribution in [0.15, 0.2) is 12.1 Å². The Kier molecular flexibility index (Phi) is 8.09. The molecule has 2 aliphatic rings. The molecular weight excluding hydrogens is 475 g/mol. The van der Waals surface area contributed by atoms with Crippen molar-refractivity contribution in [1.29, 1.82) is 0 Å². The summed E-state index contributed by atoms with van der Waals surface area (Å²) in [4.78, 5) is 25.9. The summed E-state index contributed by atoms with van der Waals surface area (Å²) in [7, 11) is 0. The fourth-order valence-corrected chi connectivity index (χ4v) is 5.19. The van der Waals surface area contributed by atoms with Crippen molar-refractivity contribution in [1.82, 2.24) is 20.3 Å². The Morgan fingerprint density at radius 1 is 1.22 bits per heavy atom. The molecule has 2 saturated heterocycles. The van der Waals surface area contributed by atoms with Crippen LogP contribution in [0.5, 0.6) is 5.75 Å². The van der Waals surface area contributed by atoms with E-state index in [-0.39, 0.29) is 34.5 Å². The molecule has 1 aromatic rings. The smallest absolute Gasteiger partial charge is 0.314 e. The number of nitrogens with one attached hydrogen (secondary N) is 3. The van der Waals surface area contributed by atoms with Gasteiger partial charge in [0.2, 0.25) is 5.91 Å². The molecule has 0 spiro atoms. The average molecular weight is 505 g/mol. The van der Waals surface area contributed by atoms with Gasteiger partial charge in [-0.15, -0.1) is 4.72 Å². The van der Waals surface area contributed by atoms with Gasteiger partial charge in [0.25, 0.3) is 0 Å². The normalized spacial score (nSPS) is 20.4. The van der Waals surface area contributed by atoms with E-state index in [1.165, 1.54) is 6.07 Å². The van der Waals surface area contributed by atoms with Crippen LogP contribution in [0.3, 0.4) is 0 Å². The Labute approximate surface area is 201 Å².